The van der Waals surface area contributed by atoms with Gasteiger partial charge in [-0.1, -0.05) is 54.6 Å². The first-order chi connectivity index (χ1) is 21.8. The first-order valence-electron chi connectivity index (χ1n) is 15.1. The molecule has 1 aliphatic heterocycles. The van der Waals surface area contributed by atoms with Gasteiger partial charge in [-0.05, 0) is 81.5 Å². The van der Waals surface area contributed by atoms with Gasteiger partial charge in [0.1, 0.15) is 46.8 Å². The standard InChI is InChI=1S/C34H46N4O8S/c1-17-8-13-21(27-25(40)24(39)26(41)30(46-27)47-7)16-22(17)15-20-11-9-19(10-12-20)14-18(2)23(28(42)37-33(3,4)31(35)44)29(43)38-34(5,6)32(36)45/h8-13,16,23-27,30,39-41H,2,14-15H2,1,3-7H3,(H2,35,44)(H2,36,45)(H,37,42)(H,38,43)/t24-,25-,26+,27+,30-/m1/s1. The summed E-state index contributed by atoms with van der Waals surface area (Å²) in [5.74, 6) is -4.66. The normalized spacial score (nSPS) is 21.6. The number of aliphatic hydroxyl groups is 3. The van der Waals surface area contributed by atoms with Crippen LogP contribution in [0.1, 0.15) is 61.6 Å². The Morgan fingerprint density at radius 2 is 1.38 bits per heavy atom. The zero-order valence-corrected chi connectivity index (χ0v) is 28.4. The number of nitrogens with two attached hydrogens (primary N) is 2. The summed E-state index contributed by atoms with van der Waals surface area (Å²) in [7, 11) is 0. The van der Waals surface area contributed by atoms with Gasteiger partial charge in [-0.25, -0.2) is 0 Å². The highest BCUT2D eigenvalue weighted by Gasteiger charge is 2.44. The molecule has 0 aliphatic carbocycles. The van der Waals surface area contributed by atoms with Gasteiger partial charge >= 0.3 is 0 Å². The molecule has 0 saturated carbocycles. The van der Waals surface area contributed by atoms with Crippen molar-refractivity contribution in [3.63, 3.8) is 0 Å². The van der Waals surface area contributed by atoms with Crippen molar-refractivity contribution in [1.82, 2.24) is 10.6 Å². The molecule has 1 saturated heterocycles. The Morgan fingerprint density at radius 1 is 0.872 bits per heavy atom. The lowest BCUT2D eigenvalue weighted by Gasteiger charge is -2.40. The van der Waals surface area contributed by atoms with Crippen LogP contribution in [0.15, 0.2) is 54.6 Å². The van der Waals surface area contributed by atoms with Crippen molar-refractivity contribution in [2.75, 3.05) is 6.26 Å². The zero-order valence-electron chi connectivity index (χ0n) is 27.6. The Morgan fingerprint density at radius 3 is 1.87 bits per heavy atom. The largest absolute Gasteiger partial charge is 0.387 e. The minimum Gasteiger partial charge on any atom is -0.387 e. The van der Waals surface area contributed by atoms with Crippen molar-refractivity contribution in [3.8, 4) is 0 Å². The van der Waals surface area contributed by atoms with Crippen LogP contribution in [0.2, 0.25) is 0 Å². The molecule has 13 heteroatoms. The highest BCUT2D eigenvalue weighted by molar-refractivity contribution is 7.99. The van der Waals surface area contributed by atoms with Gasteiger partial charge in [0.15, 0.2) is 0 Å². The molecule has 2 aromatic carbocycles. The van der Waals surface area contributed by atoms with Gasteiger partial charge in [-0.3, -0.25) is 19.2 Å². The smallest absolute Gasteiger partial charge is 0.242 e. The van der Waals surface area contributed by atoms with Crippen molar-refractivity contribution in [2.45, 2.75) is 88.4 Å². The molecule has 9 N–H and O–H groups in total. The maximum Gasteiger partial charge on any atom is 0.242 e. The molecule has 0 spiro atoms. The van der Waals surface area contributed by atoms with E-state index in [-0.39, 0.29) is 12.0 Å². The number of rotatable bonds is 13. The molecule has 3 rings (SSSR count). The maximum absolute atomic E-state index is 13.3. The maximum atomic E-state index is 13.3. The van der Waals surface area contributed by atoms with E-state index in [9.17, 15) is 34.5 Å². The van der Waals surface area contributed by atoms with Crippen LogP contribution < -0.4 is 22.1 Å². The topological polar surface area (TPSA) is 214 Å². The molecule has 1 aliphatic rings. The number of primary amides is 2. The Kier molecular flexibility index (Phi) is 12.0. The minimum atomic E-state index is -1.46. The Labute approximate surface area is 279 Å². The van der Waals surface area contributed by atoms with Crippen LogP contribution in [-0.4, -0.2) is 80.0 Å². The summed E-state index contributed by atoms with van der Waals surface area (Å²) in [4.78, 5) is 50.3. The molecule has 0 unspecified atom stereocenters. The average molecular weight is 671 g/mol. The summed E-state index contributed by atoms with van der Waals surface area (Å²) in [6.45, 7) is 11.6. The molecule has 12 nitrogen and oxygen atoms in total. The molecule has 256 valence electrons. The fourth-order valence-electron chi connectivity index (χ4n) is 5.11. The quantitative estimate of drug-likeness (QED) is 0.119. The van der Waals surface area contributed by atoms with E-state index < -0.39 is 70.5 Å². The summed E-state index contributed by atoms with van der Waals surface area (Å²) in [5.41, 5.74) is 11.8. The van der Waals surface area contributed by atoms with Crippen molar-refractivity contribution in [1.29, 1.82) is 0 Å². The highest BCUT2D eigenvalue weighted by Crippen LogP contribution is 2.36. The van der Waals surface area contributed by atoms with Gasteiger partial charge in [0.25, 0.3) is 0 Å². The molecular weight excluding hydrogens is 624 g/mol. The van der Waals surface area contributed by atoms with Crippen LogP contribution in [0.4, 0.5) is 0 Å². The number of aryl methyl sites for hydroxylation is 1. The third-order valence-electron chi connectivity index (χ3n) is 8.39. The number of ether oxygens (including phenoxy) is 1. The number of thioether (sulfide) groups is 1. The van der Waals surface area contributed by atoms with E-state index in [2.05, 4.69) is 17.2 Å². The number of aliphatic hydroxyl groups excluding tert-OH is 3. The van der Waals surface area contributed by atoms with Gasteiger partial charge in [0.05, 0.1) is 0 Å². The second-order valence-corrected chi connectivity index (χ2v) is 14.0. The van der Waals surface area contributed by atoms with Gasteiger partial charge in [0.2, 0.25) is 23.6 Å². The van der Waals surface area contributed by atoms with Crippen molar-refractivity contribution < 1.29 is 39.2 Å². The second kappa shape index (κ2) is 15.0. The minimum absolute atomic E-state index is 0.135. The van der Waals surface area contributed by atoms with Crippen molar-refractivity contribution in [2.24, 2.45) is 17.4 Å². The lowest BCUT2D eigenvalue weighted by atomic mass is 9.89. The summed E-state index contributed by atoms with van der Waals surface area (Å²) in [5, 5.41) is 36.3. The lowest BCUT2D eigenvalue weighted by molar-refractivity contribution is -0.200. The van der Waals surface area contributed by atoms with E-state index in [1.165, 1.54) is 39.5 Å². The van der Waals surface area contributed by atoms with E-state index >= 15 is 0 Å². The molecule has 2 aromatic rings. The third-order valence-corrected chi connectivity index (χ3v) is 9.24. The van der Waals surface area contributed by atoms with Gasteiger partial charge in [0, 0.05) is 0 Å². The molecule has 1 heterocycles. The second-order valence-electron chi connectivity index (χ2n) is 13.0. The fourth-order valence-corrected chi connectivity index (χ4v) is 5.78. The first kappa shape index (κ1) is 37.7. The van der Waals surface area contributed by atoms with Gasteiger partial charge < -0.3 is 42.2 Å². The molecule has 1 fully saturated rings. The van der Waals surface area contributed by atoms with Gasteiger partial charge in [-0.2, -0.15) is 0 Å². The third kappa shape index (κ3) is 8.99. The molecule has 0 bridgehead atoms. The number of hydrogen-bond donors (Lipinski definition) is 7. The van der Waals surface area contributed by atoms with E-state index in [0.29, 0.717) is 12.0 Å². The van der Waals surface area contributed by atoms with Crippen LogP contribution in [0.5, 0.6) is 0 Å². The molecule has 4 amide bonds. The number of benzene rings is 2. The average Bonchev–Trinajstić information content (AvgIpc) is 2.97. The molecule has 47 heavy (non-hydrogen) atoms. The summed E-state index contributed by atoms with van der Waals surface area (Å²) < 4.78 is 5.94. The van der Waals surface area contributed by atoms with Crippen LogP contribution >= 0.6 is 11.8 Å². The fraction of sp³-hybridized carbons (Fsp3) is 0.471. The van der Waals surface area contributed by atoms with Crippen LogP contribution in [0.25, 0.3) is 0 Å². The van der Waals surface area contributed by atoms with Crippen LogP contribution in [-0.2, 0) is 36.8 Å². The molecule has 0 aromatic heterocycles. The summed E-state index contributed by atoms with van der Waals surface area (Å²) in [6.07, 6.45) is -2.24. The molecular formula is C34H46N4O8S. The highest BCUT2D eigenvalue weighted by atomic mass is 32.2. The SMILES string of the molecule is C=C(Cc1ccc(Cc2cc([C@@H]3O[C@H](SC)[C@@H](O)[C@H](O)[C@H]3O)ccc2C)cc1)C(C(=O)NC(C)(C)C(N)=O)C(=O)NC(C)(C)C(N)=O. The van der Waals surface area contributed by atoms with Crippen LogP contribution in [0.3, 0.4) is 0 Å². The Bertz CT molecular complexity index is 1470. The van der Waals surface area contributed by atoms with E-state index in [1.54, 1.807) is 6.26 Å². The predicted molar refractivity (Wildman–Crippen MR) is 179 cm³/mol. The first-order valence-corrected chi connectivity index (χ1v) is 16.4. The summed E-state index contributed by atoms with van der Waals surface area (Å²) >= 11 is 1.25. The summed E-state index contributed by atoms with van der Waals surface area (Å²) in [6, 6.07) is 13.2. The van der Waals surface area contributed by atoms with Crippen LogP contribution in [0, 0.1) is 12.8 Å². The monoisotopic (exact) mass is 670 g/mol. The molecule has 5 atom stereocenters. The Balaban J connectivity index is 1.80. The number of hydrogen-bond acceptors (Lipinski definition) is 9. The molecule has 0 radical (unpaired) electrons. The number of carbonyl (C=O) groups is 4. The number of carbonyl (C=O) groups excluding carboxylic acids is 4. The predicted octanol–water partition coefficient (Wildman–Crippen LogP) is 0.904. The van der Waals surface area contributed by atoms with E-state index in [4.69, 9.17) is 16.2 Å². The number of nitrogens with one attached hydrogen (secondary N) is 2. The number of amides is 4. The van der Waals surface area contributed by atoms with E-state index in [1.807, 2.05) is 49.4 Å². The van der Waals surface area contributed by atoms with Gasteiger partial charge in [-0.15, -0.1) is 11.8 Å². The Hall–Kier alpha value is -3.75. The van der Waals surface area contributed by atoms with E-state index in [0.717, 1.165) is 22.3 Å². The van der Waals surface area contributed by atoms with Crippen molar-refractivity contribution in [3.05, 3.63) is 82.4 Å². The zero-order chi connectivity index (χ0) is 35.4. The van der Waals surface area contributed by atoms with Crippen molar-refractivity contribution >= 4 is 35.4 Å². The lowest BCUT2D eigenvalue weighted by Crippen LogP contribution is -2.59.